The van der Waals surface area contributed by atoms with E-state index >= 15 is 0 Å². The second-order valence-corrected chi connectivity index (χ2v) is 17.3. The third-order valence-corrected chi connectivity index (χ3v) is 15.1. The van der Waals surface area contributed by atoms with Crippen LogP contribution in [0.2, 0.25) is 0 Å². The minimum absolute atomic E-state index is 0. The third kappa shape index (κ3) is 7.95. The van der Waals surface area contributed by atoms with Crippen molar-refractivity contribution >= 4 is 29.8 Å². The van der Waals surface area contributed by atoms with E-state index in [1.165, 1.54) is 0 Å². The topological polar surface area (TPSA) is 193 Å². The number of fused-ring (bicyclic) bond motifs is 7. The molecule has 11 atom stereocenters. The standard InChI is InChI=1S/C38H56O11.3Na/c1-22-13-18-38(32(45)46)20-19-35(4)23(31(38)37(22,6)47)7-8-25-33(2)16-15-26(49-30(44)12-10-28(41)42)34(3,24(33)14-17-36(25,35)5)21-48-29(43)11-9-27(39)40;;;/h7,22,24-26,31,47H,8-21H2,1-6H3,(H,39,40)(H,41,42)(H,45,46);;;/q;3*+1/p-3/t22-,24?,25?,26+,31?,33+,34+,35-,36-,37-,38+;;;/m1.../s1. The van der Waals surface area contributed by atoms with Crippen LogP contribution in [0.3, 0.4) is 0 Å². The number of ether oxygens (including phenoxy) is 2. The predicted molar refractivity (Wildman–Crippen MR) is 169 cm³/mol. The summed E-state index contributed by atoms with van der Waals surface area (Å²) in [6.45, 7) is 12.5. The Hall–Kier alpha value is 0.0500. The average Bonchev–Trinajstić information content (AvgIpc) is 3.01. The number of rotatable bonds is 10. The van der Waals surface area contributed by atoms with E-state index in [9.17, 15) is 44.4 Å². The predicted octanol–water partition coefficient (Wildman–Crippen LogP) is -6.98. The molecule has 0 aromatic carbocycles. The molecule has 4 fully saturated rings. The SMILES string of the molecule is C[C@@H]1CC[C@]2(C(=O)[O-])CC[C@]3(C)C(=CCC4[C@@]5(C)CC[C@H](OC(=O)CCC(=O)[O-])[C@@](C)(COC(=O)CCC(=O)[O-])C5CC[C@]43C)C2[C@]1(C)O.[Na+].[Na+].[Na+]. The number of carboxylic acid groups (broad SMARTS) is 3. The summed E-state index contributed by atoms with van der Waals surface area (Å²) in [5.74, 6) is -5.73. The summed E-state index contributed by atoms with van der Waals surface area (Å²) in [4.78, 5) is 60.4. The summed E-state index contributed by atoms with van der Waals surface area (Å²) in [7, 11) is 0. The van der Waals surface area contributed by atoms with Crippen molar-refractivity contribution in [1.82, 2.24) is 0 Å². The van der Waals surface area contributed by atoms with Gasteiger partial charge in [0.15, 0.2) is 0 Å². The Balaban J connectivity index is 0.00000312. The smallest absolute Gasteiger partial charge is 0.550 e. The van der Waals surface area contributed by atoms with Gasteiger partial charge < -0.3 is 44.3 Å². The molecule has 274 valence electrons. The molecule has 0 aromatic rings. The van der Waals surface area contributed by atoms with Crippen molar-refractivity contribution in [2.75, 3.05) is 6.61 Å². The number of carbonyl (C=O) groups is 5. The first-order valence-corrected chi connectivity index (χ1v) is 18.1. The molecule has 11 nitrogen and oxygen atoms in total. The van der Waals surface area contributed by atoms with E-state index in [1.54, 1.807) is 6.92 Å². The molecule has 5 aliphatic carbocycles. The van der Waals surface area contributed by atoms with Gasteiger partial charge in [0, 0.05) is 34.7 Å². The molecule has 0 spiro atoms. The second kappa shape index (κ2) is 17.3. The maximum atomic E-state index is 12.9. The van der Waals surface area contributed by atoms with Crippen molar-refractivity contribution in [2.24, 2.45) is 50.7 Å². The average molecular weight is 755 g/mol. The molecule has 52 heavy (non-hydrogen) atoms. The van der Waals surface area contributed by atoms with Crippen molar-refractivity contribution < 1.29 is 143 Å². The fourth-order valence-electron chi connectivity index (χ4n) is 12.0. The van der Waals surface area contributed by atoms with Crippen LogP contribution in [0.5, 0.6) is 0 Å². The van der Waals surface area contributed by atoms with E-state index in [0.29, 0.717) is 51.4 Å². The summed E-state index contributed by atoms with van der Waals surface area (Å²) in [6.07, 6.45) is 5.42. The first-order valence-electron chi connectivity index (χ1n) is 18.1. The molecule has 0 bridgehead atoms. The van der Waals surface area contributed by atoms with Gasteiger partial charge >= 0.3 is 101 Å². The van der Waals surface area contributed by atoms with E-state index in [2.05, 4.69) is 26.8 Å². The first kappa shape index (κ1) is 48.2. The molecular formula is C38H53Na3O11. The molecule has 0 amide bonds. The summed E-state index contributed by atoms with van der Waals surface area (Å²) in [5.41, 5.74) is -3.12. The van der Waals surface area contributed by atoms with Crippen LogP contribution in [0.15, 0.2) is 11.6 Å². The Morgan fingerprint density at radius 2 is 1.37 bits per heavy atom. The second-order valence-electron chi connectivity index (χ2n) is 17.3. The Bertz CT molecular complexity index is 1430. The number of hydrogen-bond acceptors (Lipinski definition) is 11. The summed E-state index contributed by atoms with van der Waals surface area (Å²) < 4.78 is 11.7. The van der Waals surface area contributed by atoms with E-state index in [1.807, 2.05) is 13.8 Å². The van der Waals surface area contributed by atoms with Crippen LogP contribution in [0, 0.1) is 50.7 Å². The van der Waals surface area contributed by atoms with Gasteiger partial charge in [-0.05, 0) is 112 Å². The van der Waals surface area contributed by atoms with Crippen LogP contribution in [-0.4, -0.2) is 53.3 Å². The quantitative estimate of drug-likeness (QED) is 0.127. The minimum atomic E-state index is -1.36. The fraction of sp³-hybridized carbons (Fsp3) is 0.816. The summed E-state index contributed by atoms with van der Waals surface area (Å²) in [6, 6.07) is 0. The van der Waals surface area contributed by atoms with E-state index in [0.717, 1.165) is 12.0 Å². The van der Waals surface area contributed by atoms with Crippen LogP contribution in [0.4, 0.5) is 0 Å². The molecule has 1 N–H and O–H groups in total. The van der Waals surface area contributed by atoms with Crippen LogP contribution in [-0.2, 0) is 33.4 Å². The Morgan fingerprint density at radius 3 is 1.94 bits per heavy atom. The zero-order valence-electron chi connectivity index (χ0n) is 32.9. The largest absolute Gasteiger partial charge is 1.00 e. The minimum Gasteiger partial charge on any atom is -0.550 e. The number of aliphatic carboxylic acids is 3. The number of aliphatic hydroxyl groups is 1. The van der Waals surface area contributed by atoms with Gasteiger partial charge in [0.1, 0.15) is 12.7 Å². The van der Waals surface area contributed by atoms with Crippen molar-refractivity contribution in [3.63, 3.8) is 0 Å². The van der Waals surface area contributed by atoms with Crippen LogP contribution < -0.4 is 104 Å². The number of hydrogen-bond donors (Lipinski definition) is 1. The molecule has 0 aromatic heterocycles. The number of carbonyl (C=O) groups excluding carboxylic acids is 5. The molecule has 4 saturated carbocycles. The van der Waals surface area contributed by atoms with Crippen molar-refractivity contribution in [3.05, 3.63) is 11.6 Å². The Morgan fingerprint density at radius 1 is 0.769 bits per heavy atom. The van der Waals surface area contributed by atoms with Crippen LogP contribution >= 0.6 is 0 Å². The third-order valence-electron chi connectivity index (χ3n) is 15.1. The first-order chi connectivity index (χ1) is 22.7. The van der Waals surface area contributed by atoms with Gasteiger partial charge in [0.05, 0.1) is 18.4 Å². The van der Waals surface area contributed by atoms with E-state index in [4.69, 9.17) is 9.47 Å². The zero-order chi connectivity index (χ0) is 36.4. The van der Waals surface area contributed by atoms with Crippen molar-refractivity contribution in [2.45, 2.75) is 137 Å². The Labute approximate surface area is 374 Å². The van der Waals surface area contributed by atoms with Crippen molar-refractivity contribution in [1.29, 1.82) is 0 Å². The normalized spacial score (nSPS) is 41.6. The molecule has 3 unspecified atom stereocenters. The molecule has 0 saturated heterocycles. The molecule has 0 heterocycles. The van der Waals surface area contributed by atoms with Crippen molar-refractivity contribution in [3.8, 4) is 0 Å². The van der Waals surface area contributed by atoms with Gasteiger partial charge in [0.2, 0.25) is 0 Å². The molecule has 14 heteroatoms. The number of esters is 2. The zero-order valence-corrected chi connectivity index (χ0v) is 38.9. The molecule has 0 radical (unpaired) electrons. The molecular weight excluding hydrogens is 701 g/mol. The van der Waals surface area contributed by atoms with E-state index in [-0.39, 0.29) is 137 Å². The van der Waals surface area contributed by atoms with Crippen LogP contribution in [0.1, 0.15) is 125 Å². The van der Waals surface area contributed by atoms with Gasteiger partial charge in [-0.25, -0.2) is 0 Å². The summed E-state index contributed by atoms with van der Waals surface area (Å²) in [5, 5.41) is 47.0. The molecule has 5 aliphatic rings. The maximum Gasteiger partial charge on any atom is 1.00 e. The van der Waals surface area contributed by atoms with Crippen LogP contribution in [0.25, 0.3) is 0 Å². The molecule has 0 aliphatic heterocycles. The van der Waals surface area contributed by atoms with Gasteiger partial charge in [-0.1, -0.05) is 46.3 Å². The monoisotopic (exact) mass is 754 g/mol. The Kier molecular flexibility index (Phi) is 16.0. The maximum absolute atomic E-state index is 12.9. The van der Waals surface area contributed by atoms with Gasteiger partial charge in [0.25, 0.3) is 0 Å². The fourth-order valence-corrected chi connectivity index (χ4v) is 12.0. The molecule has 5 rings (SSSR count). The van der Waals surface area contributed by atoms with Gasteiger partial charge in [-0.15, -0.1) is 0 Å². The summed E-state index contributed by atoms with van der Waals surface area (Å²) >= 11 is 0. The number of allylic oxidation sites excluding steroid dienone is 1. The number of carboxylic acids is 3. The van der Waals surface area contributed by atoms with Gasteiger partial charge in [-0.3, -0.25) is 9.59 Å². The van der Waals surface area contributed by atoms with Gasteiger partial charge in [-0.2, -0.15) is 0 Å². The van der Waals surface area contributed by atoms with E-state index < -0.39 is 76.6 Å².